The highest BCUT2D eigenvalue weighted by atomic mass is 127. The monoisotopic (exact) mass is 532 g/mol. The van der Waals surface area contributed by atoms with Crippen LogP contribution in [0.1, 0.15) is 0 Å². The molecule has 1 aliphatic rings. The van der Waals surface area contributed by atoms with E-state index in [0.717, 1.165) is 36.4 Å². The van der Waals surface area contributed by atoms with E-state index in [1.165, 1.54) is 4.90 Å². The average molecular weight is 533 g/mol. The van der Waals surface area contributed by atoms with Gasteiger partial charge in [0.15, 0.2) is 15.8 Å². The number of hydrogen-bond donors (Lipinski definition) is 2. The molecule has 0 atom stereocenters. The van der Waals surface area contributed by atoms with Crippen LogP contribution in [0.3, 0.4) is 0 Å². The van der Waals surface area contributed by atoms with Gasteiger partial charge in [0.1, 0.15) is 0 Å². The summed E-state index contributed by atoms with van der Waals surface area (Å²) in [5.41, 5.74) is 0. The van der Waals surface area contributed by atoms with Crippen molar-refractivity contribution in [1.82, 2.24) is 15.5 Å². The third-order valence-corrected chi connectivity index (χ3v) is 6.73. The van der Waals surface area contributed by atoms with Crippen LogP contribution in [0.2, 0.25) is 5.02 Å². The van der Waals surface area contributed by atoms with E-state index >= 15 is 0 Å². The molecule has 0 aromatic heterocycles. The molecule has 26 heavy (non-hydrogen) atoms. The smallest absolute Gasteiger partial charge is 0.191 e. The van der Waals surface area contributed by atoms with Gasteiger partial charge in [0.25, 0.3) is 0 Å². The number of aliphatic imine (C=N–C) groups is 1. The van der Waals surface area contributed by atoms with Gasteiger partial charge in [-0.25, -0.2) is 8.42 Å². The highest BCUT2D eigenvalue weighted by Crippen LogP contribution is 2.19. The standard InChI is InChI=1S/C16H25ClN4O2S2.HI/c1-18-16(19-6-8-21-9-12-25(22,23)13-10-21)20-7-11-24-15-4-2-14(17)3-5-15;/h2-5H,6-13H2,1H3,(H2,18,19,20);1H. The first-order valence-electron chi connectivity index (χ1n) is 8.24. The van der Waals surface area contributed by atoms with Crippen molar-refractivity contribution in [3.05, 3.63) is 29.3 Å². The Morgan fingerprint density at radius 3 is 2.42 bits per heavy atom. The fourth-order valence-electron chi connectivity index (χ4n) is 2.40. The summed E-state index contributed by atoms with van der Waals surface area (Å²) in [6.07, 6.45) is 0. The Kier molecular flexibility index (Phi) is 11.2. The van der Waals surface area contributed by atoms with Crippen LogP contribution < -0.4 is 10.6 Å². The Bertz CT molecular complexity index is 657. The van der Waals surface area contributed by atoms with E-state index in [1.807, 2.05) is 24.3 Å². The van der Waals surface area contributed by atoms with Gasteiger partial charge in [-0.3, -0.25) is 9.89 Å². The third-order valence-electron chi connectivity index (χ3n) is 3.86. The summed E-state index contributed by atoms with van der Waals surface area (Å²) < 4.78 is 22.8. The van der Waals surface area contributed by atoms with Crippen molar-refractivity contribution >= 4 is 63.1 Å². The van der Waals surface area contributed by atoms with E-state index in [1.54, 1.807) is 18.8 Å². The molecule has 2 N–H and O–H groups in total. The van der Waals surface area contributed by atoms with Gasteiger partial charge in [-0.15, -0.1) is 35.7 Å². The lowest BCUT2D eigenvalue weighted by Gasteiger charge is -2.26. The number of nitrogens with zero attached hydrogens (tertiary/aromatic N) is 2. The number of halogens is 2. The molecule has 1 heterocycles. The molecule has 0 bridgehead atoms. The summed E-state index contributed by atoms with van der Waals surface area (Å²) in [4.78, 5) is 7.56. The van der Waals surface area contributed by atoms with Crippen molar-refractivity contribution in [2.75, 3.05) is 57.0 Å². The summed E-state index contributed by atoms with van der Waals surface area (Å²) in [5, 5.41) is 7.29. The summed E-state index contributed by atoms with van der Waals surface area (Å²) in [6, 6.07) is 7.81. The lowest BCUT2D eigenvalue weighted by atomic mass is 10.4. The van der Waals surface area contributed by atoms with E-state index in [-0.39, 0.29) is 35.5 Å². The van der Waals surface area contributed by atoms with Gasteiger partial charge < -0.3 is 10.6 Å². The molecule has 2 rings (SSSR count). The van der Waals surface area contributed by atoms with Crippen LogP contribution in [0.5, 0.6) is 0 Å². The van der Waals surface area contributed by atoms with Crippen molar-refractivity contribution in [2.45, 2.75) is 4.90 Å². The minimum atomic E-state index is -2.81. The maximum atomic E-state index is 11.4. The predicted octanol–water partition coefficient (Wildman–Crippen LogP) is 1.95. The highest BCUT2D eigenvalue weighted by Gasteiger charge is 2.20. The predicted molar refractivity (Wildman–Crippen MR) is 122 cm³/mol. The number of rotatable bonds is 7. The minimum Gasteiger partial charge on any atom is -0.356 e. The SMILES string of the molecule is CN=C(NCCSc1ccc(Cl)cc1)NCCN1CCS(=O)(=O)CC1.I. The van der Waals surface area contributed by atoms with Gasteiger partial charge in [-0.1, -0.05) is 11.6 Å². The zero-order valence-electron chi connectivity index (χ0n) is 14.8. The third kappa shape index (κ3) is 9.12. The van der Waals surface area contributed by atoms with Crippen molar-refractivity contribution in [2.24, 2.45) is 4.99 Å². The number of hydrogen-bond acceptors (Lipinski definition) is 5. The maximum Gasteiger partial charge on any atom is 0.191 e. The van der Waals surface area contributed by atoms with Crippen LogP contribution in [0.25, 0.3) is 0 Å². The Morgan fingerprint density at radius 1 is 1.19 bits per heavy atom. The van der Waals surface area contributed by atoms with Crippen LogP contribution in [0, 0.1) is 0 Å². The van der Waals surface area contributed by atoms with Crippen LogP contribution in [0.4, 0.5) is 0 Å². The molecule has 1 aromatic rings. The Labute approximate surface area is 182 Å². The number of sulfone groups is 1. The Hall–Kier alpha value is -0.230. The minimum absolute atomic E-state index is 0. The molecule has 1 aliphatic heterocycles. The summed E-state index contributed by atoms with van der Waals surface area (Å²) in [6.45, 7) is 3.59. The van der Waals surface area contributed by atoms with Crippen LogP contribution >= 0.6 is 47.3 Å². The topological polar surface area (TPSA) is 73.8 Å². The van der Waals surface area contributed by atoms with Crippen LogP contribution in [-0.2, 0) is 9.84 Å². The van der Waals surface area contributed by atoms with Gasteiger partial charge in [-0.2, -0.15) is 0 Å². The molecule has 1 fully saturated rings. The lowest BCUT2D eigenvalue weighted by molar-refractivity contribution is 0.299. The summed E-state index contributed by atoms with van der Waals surface area (Å²) in [5.74, 6) is 2.22. The molecule has 1 aromatic carbocycles. The molecule has 0 aliphatic carbocycles. The lowest BCUT2D eigenvalue weighted by Crippen LogP contribution is -2.46. The van der Waals surface area contributed by atoms with E-state index in [2.05, 4.69) is 20.5 Å². The van der Waals surface area contributed by atoms with Gasteiger partial charge >= 0.3 is 0 Å². The van der Waals surface area contributed by atoms with Gasteiger partial charge in [0.05, 0.1) is 11.5 Å². The molecular formula is C16H26ClIN4O2S2. The molecule has 6 nitrogen and oxygen atoms in total. The first kappa shape index (κ1) is 23.8. The van der Waals surface area contributed by atoms with E-state index in [4.69, 9.17) is 11.6 Å². The normalized spacial score (nSPS) is 17.4. The maximum absolute atomic E-state index is 11.4. The highest BCUT2D eigenvalue weighted by molar-refractivity contribution is 14.0. The van der Waals surface area contributed by atoms with Crippen molar-refractivity contribution in [3.63, 3.8) is 0 Å². The van der Waals surface area contributed by atoms with Gasteiger partial charge in [0, 0.05) is 55.4 Å². The first-order chi connectivity index (χ1) is 12.0. The molecule has 0 saturated carbocycles. The van der Waals surface area contributed by atoms with Crippen LogP contribution in [0.15, 0.2) is 34.2 Å². The molecule has 148 valence electrons. The van der Waals surface area contributed by atoms with E-state index in [9.17, 15) is 8.42 Å². The summed E-state index contributed by atoms with van der Waals surface area (Å²) in [7, 11) is -1.06. The largest absolute Gasteiger partial charge is 0.356 e. The van der Waals surface area contributed by atoms with Gasteiger partial charge in [0.2, 0.25) is 0 Å². The second kappa shape index (κ2) is 12.3. The molecule has 0 radical (unpaired) electrons. The molecular weight excluding hydrogens is 507 g/mol. The van der Waals surface area contributed by atoms with Crippen molar-refractivity contribution in [3.8, 4) is 0 Å². The zero-order chi connectivity index (χ0) is 18.1. The Morgan fingerprint density at radius 2 is 1.81 bits per heavy atom. The molecule has 0 unspecified atom stereocenters. The molecule has 10 heteroatoms. The van der Waals surface area contributed by atoms with E-state index < -0.39 is 9.84 Å². The van der Waals surface area contributed by atoms with E-state index in [0.29, 0.717) is 13.1 Å². The Balaban J connectivity index is 0.00000338. The van der Waals surface area contributed by atoms with Gasteiger partial charge in [-0.05, 0) is 24.3 Å². The number of benzene rings is 1. The average Bonchev–Trinajstić information content (AvgIpc) is 2.60. The van der Waals surface area contributed by atoms with Crippen molar-refractivity contribution in [1.29, 1.82) is 0 Å². The number of nitrogens with one attached hydrogen (secondary N) is 2. The molecule has 0 spiro atoms. The number of guanidine groups is 1. The second-order valence-corrected chi connectivity index (χ2v) is 9.63. The van der Waals surface area contributed by atoms with Crippen molar-refractivity contribution < 1.29 is 8.42 Å². The molecule has 1 saturated heterocycles. The fourth-order valence-corrected chi connectivity index (χ4v) is 4.57. The first-order valence-corrected chi connectivity index (χ1v) is 11.4. The zero-order valence-corrected chi connectivity index (χ0v) is 19.5. The summed E-state index contributed by atoms with van der Waals surface area (Å²) >= 11 is 7.63. The fraction of sp³-hybridized carbons (Fsp3) is 0.562. The second-order valence-electron chi connectivity index (χ2n) is 5.72. The van der Waals surface area contributed by atoms with Crippen LogP contribution in [-0.4, -0.2) is 76.3 Å². The quantitative estimate of drug-likeness (QED) is 0.184. The number of thioether (sulfide) groups is 1. The molecule has 0 amide bonds.